The van der Waals surface area contributed by atoms with Gasteiger partial charge < -0.3 is 4.74 Å². The van der Waals surface area contributed by atoms with Crippen LogP contribution in [0.2, 0.25) is 0 Å². The molecule has 0 N–H and O–H groups in total. The minimum atomic E-state index is -0.800. The second-order valence-corrected chi connectivity index (χ2v) is 9.66. The first-order chi connectivity index (χ1) is 14.2. The summed E-state index contributed by atoms with van der Waals surface area (Å²) in [6.07, 6.45) is 0. The van der Waals surface area contributed by atoms with Crippen molar-refractivity contribution >= 4 is 5.57 Å². The molecule has 1 heterocycles. The smallest absolute Gasteiger partial charge is 0.185 e. The summed E-state index contributed by atoms with van der Waals surface area (Å²) in [6.45, 7) is 11.4. The quantitative estimate of drug-likeness (QED) is 0.440. The van der Waals surface area contributed by atoms with Gasteiger partial charge in [0, 0.05) is 22.3 Å². The Morgan fingerprint density at radius 2 is 1.33 bits per heavy atom. The number of aryl methyl sites for hydroxylation is 1. The first-order valence-electron chi connectivity index (χ1n) is 10.6. The molecule has 1 aliphatic carbocycles. The van der Waals surface area contributed by atoms with Crippen molar-refractivity contribution < 1.29 is 9.13 Å². The fraction of sp³-hybridized carbons (Fsp3) is 0.286. The Balaban J connectivity index is 1.91. The van der Waals surface area contributed by atoms with E-state index in [0.29, 0.717) is 0 Å². The molecule has 30 heavy (non-hydrogen) atoms. The number of ether oxygens (including phenoxy) is 1. The van der Waals surface area contributed by atoms with Crippen LogP contribution in [0.25, 0.3) is 5.57 Å². The highest BCUT2D eigenvalue weighted by Gasteiger charge is 2.65. The van der Waals surface area contributed by atoms with Crippen molar-refractivity contribution in [1.29, 1.82) is 0 Å². The minimum Gasteiger partial charge on any atom is -0.472 e. The predicted molar refractivity (Wildman–Crippen MR) is 120 cm³/mol. The third-order valence-corrected chi connectivity index (χ3v) is 7.45. The SMILES string of the molecule is Cc1ccc2c(c1)C(=C1C(C)(C)C1(C)C)C(c1ccccc1)(c1ccc(F)cc1)O2. The molecule has 1 nitrogen and oxygen atoms in total. The maximum Gasteiger partial charge on any atom is 0.185 e. The molecule has 0 bridgehead atoms. The predicted octanol–water partition coefficient (Wildman–Crippen LogP) is 7.29. The van der Waals surface area contributed by atoms with Crippen LogP contribution in [0, 0.1) is 23.6 Å². The van der Waals surface area contributed by atoms with Gasteiger partial charge in [0.2, 0.25) is 0 Å². The van der Waals surface area contributed by atoms with E-state index < -0.39 is 5.60 Å². The van der Waals surface area contributed by atoms with Gasteiger partial charge in [-0.25, -0.2) is 4.39 Å². The molecule has 1 saturated carbocycles. The van der Waals surface area contributed by atoms with Crippen LogP contribution in [0.5, 0.6) is 5.75 Å². The summed E-state index contributed by atoms with van der Waals surface area (Å²) in [6, 6.07) is 23.5. The van der Waals surface area contributed by atoms with Crippen molar-refractivity contribution in [3.8, 4) is 5.75 Å². The normalized spacial score (nSPS) is 23.1. The zero-order valence-electron chi connectivity index (χ0n) is 18.2. The van der Waals surface area contributed by atoms with Crippen LogP contribution in [0.3, 0.4) is 0 Å². The molecule has 0 spiro atoms. The van der Waals surface area contributed by atoms with Gasteiger partial charge in [-0.2, -0.15) is 0 Å². The second-order valence-electron chi connectivity index (χ2n) is 9.66. The molecule has 1 unspecified atom stereocenters. The second kappa shape index (κ2) is 6.07. The molecule has 0 aromatic heterocycles. The Kier molecular flexibility index (Phi) is 3.87. The zero-order valence-corrected chi connectivity index (χ0v) is 18.2. The van der Waals surface area contributed by atoms with Crippen molar-refractivity contribution in [2.75, 3.05) is 0 Å². The molecule has 2 aliphatic rings. The van der Waals surface area contributed by atoms with Crippen LogP contribution < -0.4 is 4.74 Å². The number of hydrogen-bond donors (Lipinski definition) is 0. The number of benzene rings is 3. The molecule has 3 aromatic carbocycles. The van der Waals surface area contributed by atoms with Crippen molar-refractivity contribution in [1.82, 2.24) is 0 Å². The fourth-order valence-corrected chi connectivity index (χ4v) is 5.23. The molecule has 2 heteroatoms. The highest BCUT2D eigenvalue weighted by Crippen LogP contribution is 2.73. The number of fused-ring (bicyclic) bond motifs is 1. The molecule has 1 atom stereocenters. The van der Waals surface area contributed by atoms with Crippen LogP contribution in [0.4, 0.5) is 4.39 Å². The number of allylic oxidation sites excluding steroid dienone is 1. The Morgan fingerprint density at radius 3 is 1.93 bits per heavy atom. The monoisotopic (exact) mass is 398 g/mol. The van der Waals surface area contributed by atoms with Crippen LogP contribution in [-0.4, -0.2) is 0 Å². The molecule has 3 aromatic rings. The average molecular weight is 399 g/mol. The van der Waals surface area contributed by atoms with E-state index in [9.17, 15) is 4.39 Å². The van der Waals surface area contributed by atoms with Crippen LogP contribution in [0.15, 0.2) is 78.4 Å². The van der Waals surface area contributed by atoms with Gasteiger partial charge in [-0.05, 0) is 47.6 Å². The van der Waals surface area contributed by atoms with Gasteiger partial charge in [-0.1, -0.05) is 81.8 Å². The summed E-state index contributed by atoms with van der Waals surface area (Å²) >= 11 is 0. The summed E-state index contributed by atoms with van der Waals surface area (Å²) in [5, 5.41) is 0. The largest absolute Gasteiger partial charge is 0.472 e. The van der Waals surface area contributed by atoms with Crippen molar-refractivity contribution in [2.45, 2.75) is 40.2 Å². The number of hydrogen-bond acceptors (Lipinski definition) is 1. The van der Waals surface area contributed by atoms with Crippen LogP contribution in [-0.2, 0) is 5.60 Å². The lowest BCUT2D eigenvalue weighted by atomic mass is 9.77. The summed E-state index contributed by atoms with van der Waals surface area (Å²) < 4.78 is 20.8. The highest BCUT2D eigenvalue weighted by atomic mass is 19.1. The van der Waals surface area contributed by atoms with E-state index in [1.54, 1.807) is 0 Å². The molecule has 0 saturated heterocycles. The van der Waals surface area contributed by atoms with Gasteiger partial charge in [-0.3, -0.25) is 0 Å². The van der Waals surface area contributed by atoms with Gasteiger partial charge in [0.25, 0.3) is 0 Å². The van der Waals surface area contributed by atoms with Crippen molar-refractivity contribution in [3.05, 3.63) is 106 Å². The third kappa shape index (κ3) is 2.40. The van der Waals surface area contributed by atoms with E-state index in [1.807, 2.05) is 30.3 Å². The van der Waals surface area contributed by atoms with E-state index in [2.05, 4.69) is 65.0 Å². The van der Waals surface area contributed by atoms with Gasteiger partial charge in [0.05, 0.1) is 0 Å². The van der Waals surface area contributed by atoms with Gasteiger partial charge >= 0.3 is 0 Å². The molecule has 0 radical (unpaired) electrons. The molecule has 5 rings (SSSR count). The van der Waals surface area contributed by atoms with E-state index in [0.717, 1.165) is 22.4 Å². The highest BCUT2D eigenvalue weighted by molar-refractivity contribution is 5.90. The maximum absolute atomic E-state index is 13.9. The molecular formula is C28H27FO. The number of rotatable bonds is 2. The van der Waals surface area contributed by atoms with Gasteiger partial charge in [0.15, 0.2) is 5.60 Å². The van der Waals surface area contributed by atoms with Crippen LogP contribution >= 0.6 is 0 Å². The Morgan fingerprint density at radius 1 is 0.733 bits per heavy atom. The molecule has 1 fully saturated rings. The molecule has 152 valence electrons. The summed E-state index contributed by atoms with van der Waals surface area (Å²) in [5.74, 6) is 0.643. The lowest BCUT2D eigenvalue weighted by molar-refractivity contribution is 0.191. The van der Waals surface area contributed by atoms with Gasteiger partial charge in [-0.15, -0.1) is 0 Å². The van der Waals surface area contributed by atoms with E-state index in [1.165, 1.54) is 28.8 Å². The summed E-state index contributed by atoms with van der Waals surface area (Å²) in [5.41, 5.74) is 6.30. The number of halogens is 1. The Hall–Kier alpha value is -2.87. The third-order valence-electron chi connectivity index (χ3n) is 7.45. The van der Waals surface area contributed by atoms with Crippen molar-refractivity contribution in [3.63, 3.8) is 0 Å². The van der Waals surface area contributed by atoms with E-state index in [-0.39, 0.29) is 16.6 Å². The van der Waals surface area contributed by atoms with E-state index in [4.69, 9.17) is 4.74 Å². The topological polar surface area (TPSA) is 9.23 Å². The van der Waals surface area contributed by atoms with Gasteiger partial charge in [0.1, 0.15) is 11.6 Å². The standard InChI is InChI=1S/C28H27FO/c1-18-11-16-23-22(17-18)24(25-26(2,3)27(25,4)5)28(30-23,19-9-7-6-8-10-19)20-12-14-21(29)15-13-20/h6-17H,1-5H3. The van der Waals surface area contributed by atoms with E-state index >= 15 is 0 Å². The van der Waals surface area contributed by atoms with Crippen LogP contribution in [0.1, 0.15) is 49.9 Å². The maximum atomic E-state index is 13.9. The molecular weight excluding hydrogens is 371 g/mol. The first kappa shape index (κ1) is 19.1. The fourth-order valence-electron chi connectivity index (χ4n) is 5.23. The summed E-state index contributed by atoms with van der Waals surface area (Å²) in [4.78, 5) is 0. The lowest BCUT2D eigenvalue weighted by Crippen LogP contribution is -2.32. The first-order valence-corrected chi connectivity index (χ1v) is 10.6. The molecule has 0 amide bonds. The Bertz CT molecular complexity index is 1150. The Labute approximate surface area is 178 Å². The lowest BCUT2D eigenvalue weighted by Gasteiger charge is -2.32. The zero-order chi connectivity index (χ0) is 21.3. The average Bonchev–Trinajstić information content (AvgIpc) is 2.97. The molecule has 1 aliphatic heterocycles. The summed E-state index contributed by atoms with van der Waals surface area (Å²) in [7, 11) is 0. The minimum absolute atomic E-state index is 0.0527. The van der Waals surface area contributed by atoms with Crippen molar-refractivity contribution in [2.24, 2.45) is 10.8 Å².